The number of carbonyl (C=O) groups is 1. The molecule has 0 saturated carbocycles. The van der Waals surface area contributed by atoms with Gasteiger partial charge in [0.15, 0.2) is 0 Å². The Morgan fingerprint density at radius 3 is 3.00 bits per heavy atom. The molecule has 1 aromatic carbocycles. The number of anilines is 1. The Kier molecular flexibility index (Phi) is 4.88. The lowest BCUT2D eigenvalue weighted by Gasteiger charge is -2.20. The summed E-state index contributed by atoms with van der Waals surface area (Å²) in [5.74, 6) is -0.120. The molecule has 1 aliphatic rings. The standard InChI is InChI=1S/C15H14Cl2N6O/c16-10-1-2-13(12(17)5-10)22-4-3-11(7-22)20-15(24)8-23-9-19-14(6-18)21-23/h1-2,5,9,11H,3-4,7-8H2,(H,20,24)/t11-/m0/s1. The van der Waals surface area contributed by atoms with Gasteiger partial charge in [0.05, 0.1) is 10.7 Å². The van der Waals surface area contributed by atoms with Crippen molar-refractivity contribution in [3.63, 3.8) is 0 Å². The van der Waals surface area contributed by atoms with Crippen LogP contribution in [0, 0.1) is 11.3 Å². The predicted octanol–water partition coefficient (Wildman–Crippen LogP) is 1.85. The highest BCUT2D eigenvalue weighted by Crippen LogP contribution is 2.31. The monoisotopic (exact) mass is 364 g/mol. The van der Waals surface area contributed by atoms with Crippen LogP contribution in [0.25, 0.3) is 0 Å². The Morgan fingerprint density at radius 2 is 2.29 bits per heavy atom. The van der Waals surface area contributed by atoms with E-state index < -0.39 is 0 Å². The topological polar surface area (TPSA) is 86.8 Å². The summed E-state index contributed by atoms with van der Waals surface area (Å²) in [6.45, 7) is 1.51. The molecule has 1 fully saturated rings. The second-order valence-electron chi connectivity index (χ2n) is 5.47. The molecule has 9 heteroatoms. The fourth-order valence-corrected chi connectivity index (χ4v) is 3.21. The van der Waals surface area contributed by atoms with Gasteiger partial charge in [0.25, 0.3) is 5.82 Å². The summed E-state index contributed by atoms with van der Waals surface area (Å²) in [5, 5.41) is 16.7. The normalized spacial score (nSPS) is 16.9. The van der Waals surface area contributed by atoms with E-state index in [1.54, 1.807) is 12.1 Å². The maximum atomic E-state index is 12.1. The zero-order valence-corrected chi connectivity index (χ0v) is 14.1. The van der Waals surface area contributed by atoms with Crippen LogP contribution in [0.5, 0.6) is 0 Å². The second kappa shape index (κ2) is 7.07. The first-order valence-corrected chi connectivity index (χ1v) is 8.09. The molecule has 1 N–H and O–H groups in total. The molecule has 0 radical (unpaired) electrons. The molecular weight excluding hydrogens is 351 g/mol. The molecule has 2 aromatic rings. The Labute approximate surface area is 148 Å². The number of halogens is 2. The third kappa shape index (κ3) is 3.78. The third-order valence-corrected chi connectivity index (χ3v) is 4.28. The average Bonchev–Trinajstić information content (AvgIpc) is 3.16. The summed E-state index contributed by atoms with van der Waals surface area (Å²) in [4.78, 5) is 18.0. The van der Waals surface area contributed by atoms with E-state index in [4.69, 9.17) is 28.5 Å². The lowest BCUT2D eigenvalue weighted by molar-refractivity contribution is -0.122. The molecule has 124 valence electrons. The molecule has 1 aliphatic heterocycles. The third-order valence-electron chi connectivity index (χ3n) is 3.75. The predicted molar refractivity (Wildman–Crippen MR) is 90.0 cm³/mol. The molecule has 2 heterocycles. The summed E-state index contributed by atoms with van der Waals surface area (Å²) in [7, 11) is 0. The van der Waals surface area contributed by atoms with E-state index in [2.05, 4.69) is 20.3 Å². The van der Waals surface area contributed by atoms with Crippen LogP contribution in [0.2, 0.25) is 10.0 Å². The van der Waals surface area contributed by atoms with Crippen molar-refractivity contribution in [3.05, 3.63) is 40.4 Å². The fourth-order valence-electron chi connectivity index (χ4n) is 2.68. The molecule has 0 spiro atoms. The Morgan fingerprint density at radius 1 is 1.46 bits per heavy atom. The highest BCUT2D eigenvalue weighted by molar-refractivity contribution is 6.36. The minimum atomic E-state index is -0.168. The van der Waals surface area contributed by atoms with Crippen molar-refractivity contribution in [3.8, 4) is 6.07 Å². The highest BCUT2D eigenvalue weighted by atomic mass is 35.5. The number of nitrogens with one attached hydrogen (secondary N) is 1. The first-order valence-electron chi connectivity index (χ1n) is 7.34. The van der Waals surface area contributed by atoms with E-state index in [1.165, 1.54) is 11.0 Å². The van der Waals surface area contributed by atoms with Gasteiger partial charge in [-0.3, -0.25) is 4.79 Å². The number of hydrogen-bond donors (Lipinski definition) is 1. The zero-order chi connectivity index (χ0) is 17.1. The molecule has 1 saturated heterocycles. The van der Waals surface area contributed by atoms with Crippen molar-refractivity contribution in [2.45, 2.75) is 19.0 Å². The Hall–Kier alpha value is -2.30. The molecule has 0 bridgehead atoms. The minimum Gasteiger partial charge on any atom is -0.368 e. The van der Waals surface area contributed by atoms with Crippen molar-refractivity contribution in [2.75, 3.05) is 18.0 Å². The Balaban J connectivity index is 1.56. The van der Waals surface area contributed by atoms with E-state index in [0.717, 1.165) is 18.7 Å². The first-order chi connectivity index (χ1) is 11.5. The number of carbonyl (C=O) groups excluding carboxylic acids is 1. The number of hydrogen-bond acceptors (Lipinski definition) is 5. The number of amides is 1. The summed E-state index contributed by atoms with van der Waals surface area (Å²) >= 11 is 12.1. The maximum absolute atomic E-state index is 12.1. The quantitative estimate of drug-likeness (QED) is 0.894. The van der Waals surface area contributed by atoms with E-state index in [-0.39, 0.29) is 24.3 Å². The number of nitrogens with zero attached hydrogens (tertiary/aromatic N) is 5. The van der Waals surface area contributed by atoms with Crippen molar-refractivity contribution >= 4 is 34.8 Å². The van der Waals surface area contributed by atoms with E-state index in [0.29, 0.717) is 16.6 Å². The van der Waals surface area contributed by atoms with Crippen LogP contribution >= 0.6 is 23.2 Å². The van der Waals surface area contributed by atoms with Gasteiger partial charge in [-0.25, -0.2) is 9.67 Å². The molecule has 3 rings (SSSR count). The number of aromatic nitrogens is 3. The zero-order valence-electron chi connectivity index (χ0n) is 12.6. The lowest BCUT2D eigenvalue weighted by Crippen LogP contribution is -2.39. The molecule has 0 unspecified atom stereocenters. The minimum absolute atomic E-state index is 0.0307. The molecular formula is C15H14Cl2N6O. The molecule has 1 aromatic heterocycles. The molecule has 24 heavy (non-hydrogen) atoms. The molecule has 1 atom stereocenters. The second-order valence-corrected chi connectivity index (χ2v) is 6.32. The van der Waals surface area contributed by atoms with Crippen LogP contribution in [-0.4, -0.2) is 39.8 Å². The van der Waals surface area contributed by atoms with Crippen molar-refractivity contribution < 1.29 is 4.79 Å². The van der Waals surface area contributed by atoms with E-state index in [9.17, 15) is 4.79 Å². The van der Waals surface area contributed by atoms with Gasteiger partial charge in [-0.2, -0.15) is 5.26 Å². The lowest BCUT2D eigenvalue weighted by atomic mass is 10.2. The van der Waals surface area contributed by atoms with E-state index in [1.807, 2.05) is 12.1 Å². The Bertz CT molecular complexity index is 800. The average molecular weight is 365 g/mol. The summed E-state index contributed by atoms with van der Waals surface area (Å²) in [6.07, 6.45) is 2.19. The molecule has 7 nitrogen and oxygen atoms in total. The highest BCUT2D eigenvalue weighted by Gasteiger charge is 2.25. The van der Waals surface area contributed by atoms with Crippen LogP contribution in [0.4, 0.5) is 5.69 Å². The SMILES string of the molecule is N#Cc1ncn(CC(=O)N[C@H]2CCN(c3ccc(Cl)cc3Cl)C2)n1. The fraction of sp³-hybridized carbons (Fsp3) is 0.333. The summed E-state index contributed by atoms with van der Waals surface area (Å²) in [6, 6.07) is 7.24. The van der Waals surface area contributed by atoms with Crippen LogP contribution in [0.1, 0.15) is 12.2 Å². The molecule has 1 amide bonds. The van der Waals surface area contributed by atoms with Crippen LogP contribution in [-0.2, 0) is 11.3 Å². The largest absolute Gasteiger partial charge is 0.368 e. The van der Waals surface area contributed by atoms with Gasteiger partial charge >= 0.3 is 0 Å². The van der Waals surface area contributed by atoms with Crippen molar-refractivity contribution in [2.24, 2.45) is 0 Å². The smallest absolute Gasteiger partial charge is 0.252 e. The van der Waals surface area contributed by atoms with Crippen LogP contribution in [0.3, 0.4) is 0 Å². The van der Waals surface area contributed by atoms with Gasteiger partial charge < -0.3 is 10.2 Å². The number of rotatable bonds is 4. The van der Waals surface area contributed by atoms with Gasteiger partial charge in [-0.15, -0.1) is 5.10 Å². The van der Waals surface area contributed by atoms with Crippen molar-refractivity contribution in [1.29, 1.82) is 5.26 Å². The van der Waals surface area contributed by atoms with Gasteiger partial charge in [0.2, 0.25) is 5.91 Å². The van der Waals surface area contributed by atoms with Gasteiger partial charge in [0.1, 0.15) is 18.9 Å². The van der Waals surface area contributed by atoms with Gasteiger partial charge in [-0.1, -0.05) is 23.2 Å². The van der Waals surface area contributed by atoms with Crippen LogP contribution in [0.15, 0.2) is 24.5 Å². The number of nitriles is 1. The van der Waals surface area contributed by atoms with Crippen molar-refractivity contribution in [1.82, 2.24) is 20.1 Å². The first kappa shape index (κ1) is 16.6. The number of benzene rings is 1. The summed E-state index contributed by atoms with van der Waals surface area (Å²) in [5.41, 5.74) is 0.910. The van der Waals surface area contributed by atoms with Gasteiger partial charge in [0, 0.05) is 24.2 Å². The maximum Gasteiger partial charge on any atom is 0.252 e. The van der Waals surface area contributed by atoms with Crippen LogP contribution < -0.4 is 10.2 Å². The molecule has 0 aliphatic carbocycles. The van der Waals surface area contributed by atoms with Gasteiger partial charge in [-0.05, 0) is 24.6 Å². The summed E-state index contributed by atoms with van der Waals surface area (Å²) < 4.78 is 1.34. The van der Waals surface area contributed by atoms with E-state index >= 15 is 0 Å².